The highest BCUT2D eigenvalue weighted by molar-refractivity contribution is 7.79. The van der Waals surface area contributed by atoms with Crippen LogP contribution < -0.4 is 0 Å². The van der Waals surface area contributed by atoms with Crippen LogP contribution in [0, 0.1) is 5.92 Å². The van der Waals surface area contributed by atoms with Crippen LogP contribution in [0.3, 0.4) is 0 Å². The van der Waals surface area contributed by atoms with Gasteiger partial charge in [0.15, 0.2) is 0 Å². The average Bonchev–Trinajstić information content (AvgIpc) is 2.34. The van der Waals surface area contributed by atoms with E-state index in [2.05, 4.69) is 36.8 Å². The molecule has 0 fully saturated rings. The molecule has 0 saturated heterocycles. The Morgan fingerprint density at radius 3 is 2.82 bits per heavy atom. The predicted molar refractivity (Wildman–Crippen MR) is 53.3 cm³/mol. The van der Waals surface area contributed by atoms with Crippen molar-refractivity contribution in [1.29, 1.82) is 0 Å². The van der Waals surface area contributed by atoms with Gasteiger partial charge in [0.25, 0.3) is 0 Å². The molecule has 1 nitrogen and oxygen atoms in total. The van der Waals surface area contributed by atoms with Gasteiger partial charge in [-0.05, 0) is 12.3 Å². The molecule has 1 aromatic heterocycles. The number of hydrogen-bond donors (Lipinski definition) is 1. The fourth-order valence-corrected chi connectivity index (χ4v) is 1.89. The van der Waals surface area contributed by atoms with Crippen molar-refractivity contribution in [3.63, 3.8) is 0 Å². The van der Waals surface area contributed by atoms with Gasteiger partial charge in [-0.15, -0.1) is 11.3 Å². The Balaban J connectivity index is 2.58. The lowest BCUT2D eigenvalue weighted by molar-refractivity contribution is 0.637. The number of hydrogen-bond acceptors (Lipinski definition) is 3. The molecule has 0 aromatic carbocycles. The molecule has 0 amide bonds. The summed E-state index contributed by atoms with van der Waals surface area (Å²) in [6, 6.07) is 0. The van der Waals surface area contributed by atoms with Crippen LogP contribution in [0.5, 0.6) is 0 Å². The summed E-state index contributed by atoms with van der Waals surface area (Å²) in [5, 5.41) is 3.26. The maximum absolute atomic E-state index is 4.41. The summed E-state index contributed by atoms with van der Waals surface area (Å²) >= 11 is 5.87. The fraction of sp³-hybridized carbons (Fsp3) is 0.625. The SMILES string of the molecule is CC(C)Cc1csc(CS)n1. The molecule has 0 aliphatic carbocycles. The van der Waals surface area contributed by atoms with E-state index in [9.17, 15) is 0 Å². The molecule has 11 heavy (non-hydrogen) atoms. The van der Waals surface area contributed by atoms with E-state index in [0.29, 0.717) is 5.92 Å². The highest BCUT2D eigenvalue weighted by Gasteiger charge is 2.01. The van der Waals surface area contributed by atoms with Crippen LogP contribution >= 0.6 is 24.0 Å². The molecule has 62 valence electrons. The summed E-state index contributed by atoms with van der Waals surface area (Å²) in [5.41, 5.74) is 1.22. The van der Waals surface area contributed by atoms with Gasteiger partial charge in [0.1, 0.15) is 5.01 Å². The highest BCUT2D eigenvalue weighted by atomic mass is 32.1. The van der Waals surface area contributed by atoms with Gasteiger partial charge in [0, 0.05) is 11.1 Å². The van der Waals surface area contributed by atoms with Crippen LogP contribution in [0.25, 0.3) is 0 Å². The third-order valence-corrected chi connectivity index (χ3v) is 2.76. The van der Waals surface area contributed by atoms with Crippen molar-refractivity contribution in [3.8, 4) is 0 Å². The minimum Gasteiger partial charge on any atom is -0.245 e. The minimum absolute atomic E-state index is 0.699. The Labute approximate surface area is 77.3 Å². The largest absolute Gasteiger partial charge is 0.245 e. The minimum atomic E-state index is 0.699. The molecule has 3 heteroatoms. The fourth-order valence-electron chi connectivity index (χ4n) is 0.934. The molecule has 1 aromatic rings. The normalized spacial score (nSPS) is 10.9. The average molecular weight is 187 g/mol. The summed E-state index contributed by atoms with van der Waals surface area (Å²) in [5.74, 6) is 1.47. The van der Waals surface area contributed by atoms with Gasteiger partial charge >= 0.3 is 0 Å². The molecule has 0 aliphatic heterocycles. The standard InChI is InChI=1S/C8H13NS2/c1-6(2)3-7-5-11-8(4-10)9-7/h5-6,10H,3-4H2,1-2H3. The van der Waals surface area contributed by atoms with Gasteiger partial charge in [0.05, 0.1) is 5.69 Å². The van der Waals surface area contributed by atoms with Crippen LogP contribution in [0.4, 0.5) is 0 Å². The first-order chi connectivity index (χ1) is 5.22. The third kappa shape index (κ3) is 2.83. The first kappa shape index (κ1) is 9.07. The lowest BCUT2D eigenvalue weighted by atomic mass is 10.1. The molecule has 1 heterocycles. The van der Waals surface area contributed by atoms with Crippen molar-refractivity contribution in [2.75, 3.05) is 0 Å². The number of thiol groups is 1. The van der Waals surface area contributed by atoms with Crippen LogP contribution in [0.15, 0.2) is 5.38 Å². The van der Waals surface area contributed by atoms with Crippen molar-refractivity contribution < 1.29 is 0 Å². The Morgan fingerprint density at radius 1 is 1.64 bits per heavy atom. The number of thiazole rings is 1. The van der Waals surface area contributed by atoms with Crippen LogP contribution in [-0.2, 0) is 12.2 Å². The first-order valence-electron chi connectivity index (χ1n) is 3.76. The van der Waals surface area contributed by atoms with Gasteiger partial charge in [-0.2, -0.15) is 12.6 Å². The number of nitrogens with zero attached hydrogens (tertiary/aromatic N) is 1. The molecule has 0 spiro atoms. The zero-order chi connectivity index (χ0) is 8.27. The van der Waals surface area contributed by atoms with E-state index in [1.807, 2.05) is 0 Å². The van der Waals surface area contributed by atoms with Crippen molar-refractivity contribution in [3.05, 3.63) is 16.1 Å². The van der Waals surface area contributed by atoms with Crippen molar-refractivity contribution >= 4 is 24.0 Å². The van der Waals surface area contributed by atoms with Gasteiger partial charge in [-0.3, -0.25) is 0 Å². The first-order valence-corrected chi connectivity index (χ1v) is 5.27. The maximum Gasteiger partial charge on any atom is 0.102 e. The van der Waals surface area contributed by atoms with Crippen LogP contribution in [0.1, 0.15) is 24.5 Å². The van der Waals surface area contributed by atoms with E-state index in [-0.39, 0.29) is 0 Å². The molecular weight excluding hydrogens is 174 g/mol. The maximum atomic E-state index is 4.41. The van der Waals surface area contributed by atoms with Gasteiger partial charge in [-0.25, -0.2) is 4.98 Å². The predicted octanol–water partition coefficient (Wildman–Crippen LogP) is 2.77. The van der Waals surface area contributed by atoms with E-state index in [0.717, 1.165) is 17.2 Å². The molecule has 0 radical (unpaired) electrons. The Hall–Kier alpha value is -0.0200. The number of rotatable bonds is 3. The summed E-state index contributed by atoms with van der Waals surface area (Å²) in [4.78, 5) is 4.41. The molecule has 0 aliphatic rings. The summed E-state index contributed by atoms with van der Waals surface area (Å²) < 4.78 is 0. The topological polar surface area (TPSA) is 12.9 Å². The molecule has 0 atom stereocenters. The van der Waals surface area contributed by atoms with Crippen molar-refractivity contribution in [1.82, 2.24) is 4.98 Å². The second-order valence-electron chi connectivity index (χ2n) is 2.99. The molecule has 0 N–H and O–H groups in total. The Kier molecular flexibility index (Phi) is 3.40. The molecule has 0 bridgehead atoms. The number of aromatic nitrogens is 1. The van der Waals surface area contributed by atoms with Crippen LogP contribution in [-0.4, -0.2) is 4.98 Å². The molecule has 1 rings (SSSR count). The summed E-state index contributed by atoms with van der Waals surface area (Å²) in [6.07, 6.45) is 1.09. The zero-order valence-electron chi connectivity index (χ0n) is 6.87. The second-order valence-corrected chi connectivity index (χ2v) is 4.25. The monoisotopic (exact) mass is 187 g/mol. The van der Waals surface area contributed by atoms with Gasteiger partial charge in [0.2, 0.25) is 0 Å². The quantitative estimate of drug-likeness (QED) is 0.718. The third-order valence-electron chi connectivity index (χ3n) is 1.35. The van der Waals surface area contributed by atoms with E-state index < -0.39 is 0 Å². The Morgan fingerprint density at radius 2 is 2.36 bits per heavy atom. The van der Waals surface area contributed by atoms with Gasteiger partial charge < -0.3 is 0 Å². The Bertz CT molecular complexity index is 218. The van der Waals surface area contributed by atoms with Gasteiger partial charge in [-0.1, -0.05) is 13.8 Å². The summed E-state index contributed by atoms with van der Waals surface area (Å²) in [7, 11) is 0. The van der Waals surface area contributed by atoms with E-state index in [1.165, 1.54) is 5.69 Å². The van der Waals surface area contributed by atoms with Crippen LogP contribution in [0.2, 0.25) is 0 Å². The van der Waals surface area contributed by atoms with Crippen molar-refractivity contribution in [2.24, 2.45) is 5.92 Å². The van der Waals surface area contributed by atoms with E-state index in [4.69, 9.17) is 0 Å². The second kappa shape index (κ2) is 4.12. The highest BCUT2D eigenvalue weighted by Crippen LogP contribution is 2.14. The smallest absolute Gasteiger partial charge is 0.102 e. The lowest BCUT2D eigenvalue weighted by Gasteiger charge is -1.98. The van der Waals surface area contributed by atoms with Crippen molar-refractivity contribution in [2.45, 2.75) is 26.0 Å². The summed E-state index contributed by atoms with van der Waals surface area (Å²) in [6.45, 7) is 4.42. The molecular formula is C8H13NS2. The van der Waals surface area contributed by atoms with E-state index in [1.54, 1.807) is 11.3 Å². The molecule has 0 unspecified atom stereocenters. The zero-order valence-corrected chi connectivity index (χ0v) is 8.58. The lowest BCUT2D eigenvalue weighted by Crippen LogP contribution is -1.93. The van der Waals surface area contributed by atoms with E-state index >= 15 is 0 Å². The molecule has 0 saturated carbocycles.